The highest BCUT2D eigenvalue weighted by Crippen LogP contribution is 2.50. The normalized spacial score (nSPS) is 20.1. The number of unbranched alkanes of at least 4 members (excludes halogenated alkanes) is 2. The Bertz CT molecular complexity index is 1890. The van der Waals surface area contributed by atoms with Crippen LogP contribution in [0.1, 0.15) is 76.0 Å². The summed E-state index contributed by atoms with van der Waals surface area (Å²) >= 11 is 0. The fraction of sp³-hybridized carbons (Fsp3) is 0.429. The Labute approximate surface area is 278 Å². The predicted octanol–water partition coefficient (Wildman–Crippen LogP) is 6.33. The lowest BCUT2D eigenvalue weighted by Gasteiger charge is -2.29. The monoisotopic (exact) mass is 685 g/mol. The van der Waals surface area contributed by atoms with Gasteiger partial charge >= 0.3 is 5.97 Å². The van der Waals surface area contributed by atoms with Crippen LogP contribution in [0.4, 0.5) is 11.4 Å². The van der Waals surface area contributed by atoms with Gasteiger partial charge in [0.15, 0.2) is 5.71 Å². The van der Waals surface area contributed by atoms with Crippen molar-refractivity contribution in [3.63, 3.8) is 0 Å². The predicted molar refractivity (Wildman–Crippen MR) is 184 cm³/mol. The molecule has 1 unspecified atom stereocenters. The van der Waals surface area contributed by atoms with Gasteiger partial charge in [0.05, 0.1) is 16.1 Å². The minimum atomic E-state index is -4.43. The molecular formula is C35H45N2O8S2+. The molecule has 2 aliphatic heterocycles. The van der Waals surface area contributed by atoms with E-state index in [1.165, 1.54) is 23.3 Å². The SMILES string of the molecule is Cc1ccc2c(c1)C(C)(CCCCCC(=O)O)C(=CC=CC=CC1=[N+](CCCS(=O)(=O)O)c3ccc(S(=O)(=O)O)cc3C1(C)C)N2C. The first-order valence-electron chi connectivity index (χ1n) is 15.7. The van der Waals surface area contributed by atoms with Gasteiger partial charge in [-0.3, -0.25) is 13.9 Å². The van der Waals surface area contributed by atoms with Crippen molar-refractivity contribution in [2.45, 2.75) is 81.9 Å². The number of allylic oxidation sites excluding steroid dienone is 6. The molecule has 47 heavy (non-hydrogen) atoms. The van der Waals surface area contributed by atoms with Crippen LogP contribution >= 0.6 is 0 Å². The Morgan fingerprint density at radius 2 is 1.64 bits per heavy atom. The highest BCUT2D eigenvalue weighted by molar-refractivity contribution is 7.86. The summed E-state index contributed by atoms with van der Waals surface area (Å²) in [5, 5.41) is 9.02. The molecule has 12 heteroatoms. The molecule has 0 radical (unpaired) electrons. The lowest BCUT2D eigenvalue weighted by molar-refractivity contribution is -0.437. The number of nitrogens with zero attached hydrogens (tertiary/aromatic N) is 2. The molecule has 0 aliphatic carbocycles. The van der Waals surface area contributed by atoms with E-state index in [4.69, 9.17) is 5.11 Å². The van der Waals surface area contributed by atoms with Crippen LogP contribution in [0.15, 0.2) is 77.4 Å². The average molecular weight is 686 g/mol. The van der Waals surface area contributed by atoms with Crippen molar-refractivity contribution in [1.82, 2.24) is 0 Å². The fourth-order valence-electron chi connectivity index (χ4n) is 6.83. The van der Waals surface area contributed by atoms with Crippen LogP contribution in [0, 0.1) is 6.92 Å². The van der Waals surface area contributed by atoms with Crippen molar-refractivity contribution >= 4 is 43.3 Å². The van der Waals surface area contributed by atoms with Crippen LogP contribution in [0.2, 0.25) is 0 Å². The zero-order chi connectivity index (χ0) is 34.8. The minimum absolute atomic E-state index is 0.148. The molecule has 2 aliphatic rings. The molecule has 2 aromatic carbocycles. The Balaban J connectivity index is 1.64. The third-order valence-electron chi connectivity index (χ3n) is 9.28. The van der Waals surface area contributed by atoms with Crippen molar-refractivity contribution in [1.29, 1.82) is 0 Å². The number of carbonyl (C=O) groups is 1. The summed E-state index contributed by atoms with van der Waals surface area (Å²) in [4.78, 5) is 13.0. The van der Waals surface area contributed by atoms with E-state index in [9.17, 15) is 30.7 Å². The van der Waals surface area contributed by atoms with Crippen LogP contribution in [-0.2, 0) is 35.9 Å². The lowest BCUT2D eigenvalue weighted by atomic mass is 9.76. The van der Waals surface area contributed by atoms with Gasteiger partial charge in [0.1, 0.15) is 6.54 Å². The van der Waals surface area contributed by atoms with Gasteiger partial charge in [-0.25, -0.2) is 0 Å². The van der Waals surface area contributed by atoms with Crippen LogP contribution < -0.4 is 4.90 Å². The van der Waals surface area contributed by atoms with Gasteiger partial charge in [0.25, 0.3) is 20.2 Å². The number of rotatable bonds is 14. The Morgan fingerprint density at radius 1 is 0.915 bits per heavy atom. The molecule has 0 saturated carbocycles. The molecule has 0 bridgehead atoms. The largest absolute Gasteiger partial charge is 0.481 e. The highest BCUT2D eigenvalue weighted by atomic mass is 32.2. The second-order valence-corrected chi connectivity index (χ2v) is 16.1. The second kappa shape index (κ2) is 13.9. The first-order valence-corrected chi connectivity index (χ1v) is 18.8. The second-order valence-electron chi connectivity index (χ2n) is 13.1. The number of carboxylic acid groups (broad SMARTS) is 1. The van der Waals surface area contributed by atoms with Gasteiger partial charge in [0.2, 0.25) is 5.69 Å². The first kappa shape index (κ1) is 36.3. The molecule has 4 rings (SSSR count). The van der Waals surface area contributed by atoms with Gasteiger partial charge in [-0.15, -0.1) is 0 Å². The van der Waals surface area contributed by atoms with Crippen LogP contribution in [-0.4, -0.2) is 66.6 Å². The number of anilines is 1. The van der Waals surface area contributed by atoms with Crippen molar-refractivity contribution < 1.29 is 40.4 Å². The van der Waals surface area contributed by atoms with Gasteiger partial charge in [-0.05, 0) is 70.4 Å². The third-order valence-corrected chi connectivity index (χ3v) is 10.9. The Morgan fingerprint density at radius 3 is 2.30 bits per heavy atom. The number of aliphatic carboxylic acids is 1. The number of benzene rings is 2. The maximum absolute atomic E-state index is 11.9. The van der Waals surface area contributed by atoms with Crippen LogP contribution in [0.5, 0.6) is 0 Å². The first-order chi connectivity index (χ1) is 21.9. The molecule has 10 nitrogen and oxygen atoms in total. The Kier molecular flexibility index (Phi) is 10.7. The molecule has 0 aromatic heterocycles. The van der Waals surface area contributed by atoms with Crippen molar-refractivity contribution in [3.8, 4) is 0 Å². The van der Waals surface area contributed by atoms with Crippen LogP contribution in [0.3, 0.4) is 0 Å². The summed E-state index contributed by atoms with van der Waals surface area (Å²) in [6.07, 6.45) is 13.3. The zero-order valence-electron chi connectivity index (χ0n) is 27.6. The summed E-state index contributed by atoms with van der Waals surface area (Å²) in [7, 11) is -6.53. The molecule has 0 spiro atoms. The zero-order valence-corrected chi connectivity index (χ0v) is 29.2. The van der Waals surface area contributed by atoms with E-state index in [2.05, 4.69) is 50.1 Å². The smallest absolute Gasteiger partial charge is 0.303 e. The van der Waals surface area contributed by atoms with Gasteiger partial charge in [-0.2, -0.15) is 21.4 Å². The number of hydrogen-bond acceptors (Lipinski definition) is 6. The summed E-state index contributed by atoms with van der Waals surface area (Å²) in [6, 6.07) is 10.8. The van der Waals surface area contributed by atoms with Crippen molar-refractivity contribution in [2.75, 3.05) is 24.2 Å². The molecule has 0 fully saturated rings. The van der Waals surface area contributed by atoms with Crippen molar-refractivity contribution in [3.05, 3.63) is 89.2 Å². The highest BCUT2D eigenvalue weighted by Gasteiger charge is 2.45. The summed E-state index contributed by atoms with van der Waals surface area (Å²) in [5.41, 5.74) is 5.94. The van der Waals surface area contributed by atoms with Crippen molar-refractivity contribution in [2.24, 2.45) is 0 Å². The summed E-state index contributed by atoms with van der Waals surface area (Å²) in [5.74, 6) is -1.19. The maximum Gasteiger partial charge on any atom is 0.303 e. The number of carboxylic acids is 1. The third kappa shape index (κ3) is 8.11. The van der Waals surface area contributed by atoms with E-state index >= 15 is 0 Å². The molecule has 2 heterocycles. The minimum Gasteiger partial charge on any atom is -0.481 e. The quantitative estimate of drug-likeness (QED) is 0.0896. The summed E-state index contributed by atoms with van der Waals surface area (Å²) in [6.45, 7) is 8.45. The fourth-order valence-corrected chi connectivity index (χ4v) is 7.83. The topological polar surface area (TPSA) is 152 Å². The molecular weight excluding hydrogens is 641 g/mol. The summed E-state index contributed by atoms with van der Waals surface area (Å²) < 4.78 is 67.5. The number of likely N-dealkylation sites (N-methyl/N-ethyl adjacent to an activating group) is 1. The number of aryl methyl sites for hydroxylation is 1. The molecule has 0 amide bonds. The maximum atomic E-state index is 11.9. The van der Waals surface area contributed by atoms with E-state index in [1.54, 1.807) is 6.07 Å². The molecule has 0 saturated heterocycles. The number of fused-ring (bicyclic) bond motifs is 2. The average Bonchev–Trinajstić information content (AvgIpc) is 3.30. The lowest BCUT2D eigenvalue weighted by Crippen LogP contribution is -2.28. The van der Waals surface area contributed by atoms with Gasteiger partial charge in [-0.1, -0.05) is 48.8 Å². The molecule has 2 aromatic rings. The molecule has 254 valence electrons. The Hall–Kier alpha value is -3.58. The van der Waals surface area contributed by atoms with Gasteiger partial charge in [0, 0.05) is 54.4 Å². The van der Waals surface area contributed by atoms with Crippen LogP contribution in [0.25, 0.3) is 0 Å². The van der Waals surface area contributed by atoms with E-state index in [0.29, 0.717) is 17.7 Å². The van der Waals surface area contributed by atoms with E-state index in [1.807, 2.05) is 42.7 Å². The molecule has 1 atom stereocenters. The number of hydrogen-bond donors (Lipinski definition) is 3. The van der Waals surface area contributed by atoms with Gasteiger partial charge < -0.3 is 10.0 Å². The van der Waals surface area contributed by atoms with E-state index in [0.717, 1.165) is 36.4 Å². The van der Waals surface area contributed by atoms with E-state index in [-0.39, 0.29) is 29.7 Å². The van der Waals surface area contributed by atoms with E-state index < -0.39 is 37.4 Å². The standard InChI is InChI=1S/C35H44N2O8S2/c1-25-16-18-29-28(23-25)35(4,20-11-7-10-15-33(38)39)32(36(29)5)14-9-6-8-13-31-34(2,3)27-24-26(47(43,44)45)17-19-30(27)37(31)21-12-22-46(40,41)42/h6,8-9,13-14,16-19,23-24H,7,10-12,15,20-22H2,1-5H3,(H2-,38,39,40,41,42,43,44,45)/p+1. The molecule has 3 N–H and O–H groups in total.